The van der Waals surface area contributed by atoms with E-state index in [0.717, 1.165) is 44.3 Å². The molecular weight excluding hydrogens is 496 g/mol. The zero-order chi connectivity index (χ0) is 26.5. The van der Waals surface area contributed by atoms with Crippen LogP contribution in [0.3, 0.4) is 0 Å². The van der Waals surface area contributed by atoms with Gasteiger partial charge in [-0.3, -0.25) is 0 Å². The predicted octanol–water partition coefficient (Wildman–Crippen LogP) is 8.10. The van der Waals surface area contributed by atoms with E-state index in [9.17, 15) is 9.90 Å². The van der Waals surface area contributed by atoms with Crippen LogP contribution >= 0.6 is 11.6 Å². The smallest absolute Gasteiger partial charge is 0.341 e. The summed E-state index contributed by atoms with van der Waals surface area (Å²) < 4.78 is 12.2. The second kappa shape index (κ2) is 11.4. The fourth-order valence-electron chi connectivity index (χ4n) is 4.50. The van der Waals surface area contributed by atoms with E-state index < -0.39 is 12.6 Å². The molecule has 0 fully saturated rings. The monoisotopic (exact) mass is 522 g/mol. The second-order valence-corrected chi connectivity index (χ2v) is 9.61. The number of aryl methyl sites for hydroxylation is 1. The molecule has 0 atom stereocenters. The highest BCUT2D eigenvalue weighted by Gasteiger charge is 2.17. The van der Waals surface area contributed by atoms with Crippen LogP contribution in [-0.2, 0) is 17.8 Å². The molecular formula is C33H27ClO4. The summed E-state index contributed by atoms with van der Waals surface area (Å²) in [6, 6.07) is 34.0. The number of carboxylic acids is 1. The average molecular weight is 523 g/mol. The van der Waals surface area contributed by atoms with Gasteiger partial charge < -0.3 is 14.6 Å². The highest BCUT2D eigenvalue weighted by molar-refractivity contribution is 6.31. The molecule has 38 heavy (non-hydrogen) atoms. The number of ether oxygens (including phenoxy) is 2. The summed E-state index contributed by atoms with van der Waals surface area (Å²) in [6.07, 6.45) is 0.480. The van der Waals surface area contributed by atoms with Crippen LogP contribution in [0.25, 0.3) is 21.9 Å². The molecule has 5 aromatic carbocycles. The number of fused-ring (bicyclic) bond motifs is 1. The lowest BCUT2D eigenvalue weighted by atomic mass is 9.93. The number of carbonyl (C=O) groups is 1. The van der Waals surface area contributed by atoms with E-state index >= 15 is 0 Å². The maximum atomic E-state index is 11.3. The summed E-state index contributed by atoms with van der Waals surface area (Å²) in [7, 11) is 0. The molecule has 1 N–H and O–H groups in total. The zero-order valence-corrected chi connectivity index (χ0v) is 21.7. The molecule has 0 saturated carbocycles. The summed E-state index contributed by atoms with van der Waals surface area (Å²) in [5.74, 6) is 0.216. The molecule has 0 aliphatic heterocycles. The van der Waals surface area contributed by atoms with E-state index in [-0.39, 0.29) is 0 Å². The van der Waals surface area contributed by atoms with Gasteiger partial charge >= 0.3 is 5.97 Å². The van der Waals surface area contributed by atoms with Crippen LogP contribution in [-0.4, -0.2) is 17.7 Å². The molecule has 0 aliphatic rings. The van der Waals surface area contributed by atoms with E-state index in [1.165, 1.54) is 5.56 Å². The fourth-order valence-corrected chi connectivity index (χ4v) is 4.70. The normalized spacial score (nSPS) is 10.9. The molecule has 5 rings (SSSR count). The van der Waals surface area contributed by atoms with Gasteiger partial charge in [0.1, 0.15) is 18.1 Å². The van der Waals surface area contributed by atoms with Crippen LogP contribution in [0, 0.1) is 6.92 Å². The maximum Gasteiger partial charge on any atom is 0.341 e. The minimum atomic E-state index is -1.03. The van der Waals surface area contributed by atoms with Crippen LogP contribution in [0.1, 0.15) is 22.3 Å². The summed E-state index contributed by atoms with van der Waals surface area (Å²) in [4.78, 5) is 11.3. The van der Waals surface area contributed by atoms with E-state index in [4.69, 9.17) is 21.1 Å². The first-order chi connectivity index (χ1) is 18.5. The van der Waals surface area contributed by atoms with E-state index in [1.807, 2.05) is 72.8 Å². The number of hydrogen-bond donors (Lipinski definition) is 1. The predicted molar refractivity (Wildman–Crippen MR) is 152 cm³/mol. The lowest BCUT2D eigenvalue weighted by Gasteiger charge is -2.18. The molecule has 0 saturated heterocycles. The summed E-state index contributed by atoms with van der Waals surface area (Å²) in [6.45, 7) is 2.05. The van der Waals surface area contributed by atoms with Crippen LogP contribution in [0.2, 0.25) is 5.02 Å². The molecule has 0 aromatic heterocycles. The molecule has 0 amide bonds. The van der Waals surface area contributed by atoms with Crippen molar-refractivity contribution in [2.45, 2.75) is 20.0 Å². The topological polar surface area (TPSA) is 55.8 Å². The fraction of sp³-hybridized carbons (Fsp3) is 0.121. The highest BCUT2D eigenvalue weighted by atomic mass is 35.5. The molecule has 5 aromatic rings. The van der Waals surface area contributed by atoms with Gasteiger partial charge in [0.05, 0.1) is 0 Å². The number of aliphatic carboxylic acids is 1. The van der Waals surface area contributed by atoms with Gasteiger partial charge in [-0.25, -0.2) is 4.79 Å². The van der Waals surface area contributed by atoms with E-state index in [1.54, 1.807) is 0 Å². The molecule has 4 nitrogen and oxygen atoms in total. The average Bonchev–Trinajstić information content (AvgIpc) is 2.93. The van der Waals surface area contributed by atoms with Crippen molar-refractivity contribution < 1.29 is 19.4 Å². The van der Waals surface area contributed by atoms with Crippen LogP contribution in [0.5, 0.6) is 11.5 Å². The third-order valence-corrected chi connectivity index (χ3v) is 6.83. The molecule has 0 aliphatic carbocycles. The standard InChI is InChI=1S/C33H27ClO4/c1-22-11-13-24(14-12-22)28-17-25-15-16-31(38-21-33(35)36)29(18-26-9-5-6-10-30(26)34)27(25)19-32(28)37-20-23-7-3-2-4-8-23/h2-17,19H,18,20-21H2,1H3,(H,35,36). The molecule has 5 heteroatoms. The van der Waals surface area contributed by atoms with Crippen molar-refractivity contribution in [3.8, 4) is 22.6 Å². The Balaban J connectivity index is 1.66. The minimum absolute atomic E-state index is 0.417. The largest absolute Gasteiger partial charge is 0.488 e. The third kappa shape index (κ3) is 5.82. The van der Waals surface area contributed by atoms with Gasteiger partial charge in [-0.15, -0.1) is 0 Å². The molecule has 190 valence electrons. The number of rotatable bonds is 9. The molecule has 0 heterocycles. The van der Waals surface area contributed by atoms with Crippen LogP contribution in [0.15, 0.2) is 103 Å². The number of benzene rings is 5. The van der Waals surface area contributed by atoms with E-state index in [2.05, 4.69) is 37.3 Å². The Hall–Kier alpha value is -4.28. The van der Waals surface area contributed by atoms with Gasteiger partial charge in [0.25, 0.3) is 0 Å². The van der Waals surface area contributed by atoms with Gasteiger partial charge in [-0.1, -0.05) is 96.0 Å². The van der Waals surface area contributed by atoms with Gasteiger partial charge in [0.15, 0.2) is 6.61 Å². The Morgan fingerprint density at radius 3 is 2.29 bits per heavy atom. The molecule has 0 spiro atoms. The minimum Gasteiger partial charge on any atom is -0.488 e. The Morgan fingerprint density at radius 2 is 1.55 bits per heavy atom. The number of halogens is 1. The number of carboxylic acid groups (broad SMARTS) is 1. The van der Waals surface area contributed by atoms with Crippen molar-refractivity contribution in [3.63, 3.8) is 0 Å². The van der Waals surface area contributed by atoms with Crippen molar-refractivity contribution in [2.75, 3.05) is 6.61 Å². The SMILES string of the molecule is Cc1ccc(-c2cc3ccc(OCC(=O)O)c(Cc4ccccc4Cl)c3cc2OCc2ccccc2)cc1. The Kier molecular flexibility index (Phi) is 7.62. The molecule has 0 bridgehead atoms. The molecule has 0 unspecified atom stereocenters. The summed E-state index contributed by atoms with van der Waals surface area (Å²) in [5, 5.41) is 11.8. The zero-order valence-electron chi connectivity index (χ0n) is 21.0. The summed E-state index contributed by atoms with van der Waals surface area (Å²) >= 11 is 6.51. The second-order valence-electron chi connectivity index (χ2n) is 9.20. The Morgan fingerprint density at radius 1 is 0.816 bits per heavy atom. The lowest BCUT2D eigenvalue weighted by Crippen LogP contribution is -2.11. The van der Waals surface area contributed by atoms with Gasteiger partial charge in [-0.2, -0.15) is 0 Å². The van der Waals surface area contributed by atoms with Crippen molar-refractivity contribution >= 4 is 28.3 Å². The lowest BCUT2D eigenvalue weighted by molar-refractivity contribution is -0.139. The van der Waals surface area contributed by atoms with Gasteiger partial charge in [0, 0.05) is 22.6 Å². The molecule has 0 radical (unpaired) electrons. The quantitative estimate of drug-likeness (QED) is 0.212. The summed E-state index contributed by atoms with van der Waals surface area (Å²) in [5.41, 5.74) is 6.07. The Bertz CT molecular complexity index is 1580. The first-order valence-corrected chi connectivity index (χ1v) is 12.8. The van der Waals surface area contributed by atoms with Gasteiger partial charge in [0.2, 0.25) is 0 Å². The highest BCUT2D eigenvalue weighted by Crippen LogP contribution is 2.39. The Labute approximate surface area is 227 Å². The van der Waals surface area contributed by atoms with Gasteiger partial charge in [-0.05, 0) is 58.7 Å². The third-order valence-electron chi connectivity index (χ3n) is 6.46. The van der Waals surface area contributed by atoms with Crippen molar-refractivity contribution in [3.05, 3.63) is 130 Å². The van der Waals surface area contributed by atoms with Crippen molar-refractivity contribution in [1.82, 2.24) is 0 Å². The van der Waals surface area contributed by atoms with E-state index in [0.29, 0.717) is 23.8 Å². The number of hydrogen-bond acceptors (Lipinski definition) is 3. The van der Waals surface area contributed by atoms with Crippen LogP contribution in [0.4, 0.5) is 0 Å². The van der Waals surface area contributed by atoms with Crippen molar-refractivity contribution in [1.29, 1.82) is 0 Å². The first-order valence-electron chi connectivity index (χ1n) is 12.4. The van der Waals surface area contributed by atoms with Crippen LogP contribution < -0.4 is 9.47 Å². The maximum absolute atomic E-state index is 11.3. The van der Waals surface area contributed by atoms with Crippen molar-refractivity contribution in [2.24, 2.45) is 0 Å². The first kappa shape index (κ1) is 25.4.